The number of piperidine rings is 1. The van der Waals surface area contributed by atoms with E-state index in [1.54, 1.807) is 31.4 Å². The van der Waals surface area contributed by atoms with E-state index in [9.17, 15) is 4.79 Å². The summed E-state index contributed by atoms with van der Waals surface area (Å²) in [7, 11) is 1.60. The van der Waals surface area contributed by atoms with E-state index in [2.05, 4.69) is 45.7 Å². The van der Waals surface area contributed by atoms with Gasteiger partial charge in [-0.05, 0) is 61.2 Å². The average molecular weight is 573 g/mol. The Hall–Kier alpha value is -2.81. The van der Waals surface area contributed by atoms with Crippen molar-refractivity contribution in [1.82, 2.24) is 15.2 Å². The standard InChI is InChI=1S/C30H35Cl2N3O4/c1-37-16-17-38-21-39-30-26(31)18-22(19-27(30)32)6-2-5-9-29(36)33-12-15-35-13-10-23(11-14-35)25-20-34-28-8-4-3-7-24(25)28/h2-9,18-20,23,34H,10-17,21H2,1H3,(H,33,36)/b6-2+,9-5+. The zero-order chi connectivity index (χ0) is 27.5. The van der Waals surface area contributed by atoms with Gasteiger partial charge >= 0.3 is 0 Å². The number of ether oxygens (including phenoxy) is 3. The fourth-order valence-electron chi connectivity index (χ4n) is 4.72. The molecule has 2 heterocycles. The summed E-state index contributed by atoms with van der Waals surface area (Å²) in [5.74, 6) is 0.821. The minimum Gasteiger partial charge on any atom is -0.464 e. The highest BCUT2D eigenvalue weighted by molar-refractivity contribution is 6.37. The van der Waals surface area contributed by atoms with Gasteiger partial charge in [0, 0.05) is 43.4 Å². The summed E-state index contributed by atoms with van der Waals surface area (Å²) in [4.78, 5) is 18.0. The molecule has 1 fully saturated rings. The number of nitrogens with one attached hydrogen (secondary N) is 2. The van der Waals surface area contributed by atoms with Crippen molar-refractivity contribution in [2.45, 2.75) is 18.8 Å². The third kappa shape index (κ3) is 8.59. The number of amides is 1. The first-order chi connectivity index (χ1) is 19.0. The molecule has 0 bridgehead atoms. The molecule has 1 saturated heterocycles. The van der Waals surface area contributed by atoms with Crippen LogP contribution in [0.3, 0.4) is 0 Å². The van der Waals surface area contributed by atoms with E-state index >= 15 is 0 Å². The Balaban J connectivity index is 1.15. The second kappa shape index (κ2) is 15.1. The van der Waals surface area contributed by atoms with Gasteiger partial charge in [0.2, 0.25) is 5.91 Å². The number of aromatic nitrogens is 1. The number of nitrogens with zero attached hydrogens (tertiary/aromatic N) is 1. The van der Waals surface area contributed by atoms with Gasteiger partial charge in [-0.15, -0.1) is 0 Å². The lowest BCUT2D eigenvalue weighted by Gasteiger charge is -2.31. The van der Waals surface area contributed by atoms with Crippen molar-refractivity contribution in [1.29, 1.82) is 0 Å². The molecule has 0 aliphatic carbocycles. The highest BCUT2D eigenvalue weighted by atomic mass is 35.5. The predicted molar refractivity (Wildman–Crippen MR) is 158 cm³/mol. The number of allylic oxidation sites excluding steroid dienone is 2. The number of halogens is 2. The van der Waals surface area contributed by atoms with Crippen molar-refractivity contribution >= 4 is 46.1 Å². The summed E-state index contributed by atoms with van der Waals surface area (Å²) in [6.07, 6.45) is 11.2. The van der Waals surface area contributed by atoms with Crippen LogP contribution in [0.15, 0.2) is 60.8 Å². The first kappa shape index (κ1) is 29.2. The molecule has 0 saturated carbocycles. The first-order valence-electron chi connectivity index (χ1n) is 13.1. The third-order valence-electron chi connectivity index (χ3n) is 6.76. The molecule has 1 aliphatic rings. The largest absolute Gasteiger partial charge is 0.464 e. The molecule has 0 unspecified atom stereocenters. The van der Waals surface area contributed by atoms with Crippen LogP contribution >= 0.6 is 23.2 Å². The zero-order valence-corrected chi connectivity index (χ0v) is 23.6. The van der Waals surface area contributed by atoms with Gasteiger partial charge in [-0.2, -0.15) is 0 Å². The maximum atomic E-state index is 12.2. The van der Waals surface area contributed by atoms with Gasteiger partial charge in [-0.25, -0.2) is 0 Å². The smallest absolute Gasteiger partial charge is 0.244 e. The van der Waals surface area contributed by atoms with Crippen LogP contribution in [0.1, 0.15) is 29.9 Å². The Morgan fingerprint density at radius 2 is 1.90 bits per heavy atom. The number of para-hydroxylation sites is 1. The van der Waals surface area contributed by atoms with Crippen molar-refractivity contribution < 1.29 is 19.0 Å². The van der Waals surface area contributed by atoms with E-state index in [0.717, 1.165) is 38.0 Å². The molecular weight excluding hydrogens is 537 g/mol. The number of benzene rings is 2. The number of hydrogen-bond acceptors (Lipinski definition) is 5. The summed E-state index contributed by atoms with van der Waals surface area (Å²) in [6, 6.07) is 12.0. The summed E-state index contributed by atoms with van der Waals surface area (Å²) in [6.45, 7) is 4.46. The number of fused-ring (bicyclic) bond motifs is 1. The summed E-state index contributed by atoms with van der Waals surface area (Å²) in [5, 5.41) is 5.06. The third-order valence-corrected chi connectivity index (χ3v) is 7.32. The van der Waals surface area contributed by atoms with Crippen LogP contribution in [0.5, 0.6) is 5.75 Å². The highest BCUT2D eigenvalue weighted by Gasteiger charge is 2.22. The van der Waals surface area contributed by atoms with Crippen molar-refractivity contribution in [2.75, 3.05) is 53.3 Å². The number of rotatable bonds is 13. The molecule has 7 nitrogen and oxygen atoms in total. The maximum absolute atomic E-state index is 12.2. The van der Waals surface area contributed by atoms with Crippen LogP contribution in [-0.2, 0) is 14.3 Å². The molecule has 1 aliphatic heterocycles. The molecule has 4 rings (SSSR count). The topological polar surface area (TPSA) is 75.8 Å². The van der Waals surface area contributed by atoms with Crippen molar-refractivity contribution in [2.24, 2.45) is 0 Å². The van der Waals surface area contributed by atoms with Gasteiger partial charge < -0.3 is 29.4 Å². The molecule has 208 valence electrons. The fourth-order valence-corrected chi connectivity index (χ4v) is 5.33. The summed E-state index contributed by atoms with van der Waals surface area (Å²) < 4.78 is 15.7. The number of methoxy groups -OCH3 is 1. The number of aromatic amines is 1. The van der Waals surface area contributed by atoms with Gasteiger partial charge in [0.1, 0.15) is 0 Å². The molecule has 0 radical (unpaired) electrons. The number of hydrogen-bond donors (Lipinski definition) is 2. The molecule has 9 heteroatoms. The fraction of sp³-hybridized carbons (Fsp3) is 0.367. The first-order valence-corrected chi connectivity index (χ1v) is 13.9. The van der Waals surface area contributed by atoms with Gasteiger partial charge in [0.15, 0.2) is 12.5 Å². The second-order valence-electron chi connectivity index (χ2n) is 9.39. The Morgan fingerprint density at radius 3 is 2.67 bits per heavy atom. The Morgan fingerprint density at radius 1 is 1.13 bits per heavy atom. The molecule has 1 amide bonds. The van der Waals surface area contributed by atoms with E-state index in [4.69, 9.17) is 37.4 Å². The molecule has 0 spiro atoms. The van der Waals surface area contributed by atoms with Gasteiger partial charge in [0.25, 0.3) is 0 Å². The average Bonchev–Trinajstić information content (AvgIpc) is 3.37. The minimum absolute atomic E-state index is 0.0269. The van der Waals surface area contributed by atoms with Gasteiger partial charge in [-0.3, -0.25) is 4.79 Å². The Bertz CT molecular complexity index is 1260. The molecule has 2 N–H and O–H groups in total. The van der Waals surface area contributed by atoms with E-state index in [0.29, 0.717) is 41.5 Å². The van der Waals surface area contributed by atoms with Gasteiger partial charge in [-0.1, -0.05) is 59.6 Å². The lowest BCUT2D eigenvalue weighted by molar-refractivity contribution is -0.116. The van der Waals surface area contributed by atoms with Crippen LogP contribution in [-0.4, -0.2) is 69.1 Å². The molecule has 39 heavy (non-hydrogen) atoms. The van der Waals surface area contributed by atoms with E-state index in [1.807, 2.05) is 6.08 Å². The van der Waals surface area contributed by atoms with E-state index in [1.165, 1.54) is 22.5 Å². The minimum atomic E-state index is -0.124. The second-order valence-corrected chi connectivity index (χ2v) is 10.2. The Kier molecular flexibility index (Phi) is 11.3. The molecule has 1 aromatic heterocycles. The van der Waals surface area contributed by atoms with Crippen molar-refractivity contribution in [3.63, 3.8) is 0 Å². The van der Waals surface area contributed by atoms with Crippen LogP contribution in [0.4, 0.5) is 0 Å². The maximum Gasteiger partial charge on any atom is 0.244 e. The van der Waals surface area contributed by atoms with Crippen molar-refractivity contribution in [3.05, 3.63) is 82.0 Å². The van der Waals surface area contributed by atoms with Gasteiger partial charge in [0.05, 0.1) is 23.3 Å². The molecular formula is C30H35Cl2N3O4. The number of likely N-dealkylation sites (tertiary alicyclic amines) is 1. The Labute approximate surface area is 239 Å². The lowest BCUT2D eigenvalue weighted by Crippen LogP contribution is -2.38. The monoisotopic (exact) mass is 571 g/mol. The highest BCUT2D eigenvalue weighted by Crippen LogP contribution is 2.35. The van der Waals surface area contributed by atoms with E-state index in [-0.39, 0.29) is 12.7 Å². The summed E-state index contributed by atoms with van der Waals surface area (Å²) >= 11 is 12.6. The molecule has 3 aromatic rings. The van der Waals surface area contributed by atoms with Crippen LogP contribution in [0, 0.1) is 0 Å². The van der Waals surface area contributed by atoms with Crippen molar-refractivity contribution in [3.8, 4) is 5.75 Å². The molecule has 2 aromatic carbocycles. The van der Waals surface area contributed by atoms with Crippen LogP contribution in [0.2, 0.25) is 10.0 Å². The SMILES string of the molecule is COCCOCOc1c(Cl)cc(/C=C/C=C/C(=O)NCCN2CCC(c3c[nH]c4ccccc34)CC2)cc1Cl. The summed E-state index contributed by atoms with van der Waals surface area (Å²) in [5.41, 5.74) is 3.42. The predicted octanol–water partition coefficient (Wildman–Crippen LogP) is 6.04. The lowest BCUT2D eigenvalue weighted by atomic mass is 9.89. The van der Waals surface area contributed by atoms with Crippen LogP contribution < -0.4 is 10.1 Å². The normalized spacial score (nSPS) is 15.1. The van der Waals surface area contributed by atoms with Crippen LogP contribution in [0.25, 0.3) is 17.0 Å². The number of H-pyrrole nitrogens is 1. The van der Waals surface area contributed by atoms with E-state index < -0.39 is 0 Å². The number of carbonyl (C=O) groups is 1. The number of carbonyl (C=O) groups excluding carboxylic acids is 1. The quantitative estimate of drug-likeness (QED) is 0.113. The zero-order valence-electron chi connectivity index (χ0n) is 22.1. The molecule has 0 atom stereocenters.